The van der Waals surface area contributed by atoms with Gasteiger partial charge in [0.2, 0.25) is 5.65 Å². The largest absolute Gasteiger partial charge is 0.366 e. The van der Waals surface area contributed by atoms with Gasteiger partial charge in [-0.15, -0.1) is 5.10 Å². The molecule has 2 aromatic carbocycles. The lowest BCUT2D eigenvalue weighted by molar-refractivity contribution is 0.801. The molecule has 0 bridgehead atoms. The van der Waals surface area contributed by atoms with E-state index in [9.17, 15) is 0 Å². The van der Waals surface area contributed by atoms with Crippen LogP contribution in [0, 0.1) is 6.92 Å². The minimum absolute atomic E-state index is 0.359. The third-order valence-corrected chi connectivity index (χ3v) is 4.22. The monoisotopic (exact) mass is 318 g/mol. The Bertz CT molecular complexity index is 992. The van der Waals surface area contributed by atoms with Crippen molar-refractivity contribution in [2.75, 3.05) is 11.9 Å². The smallest absolute Gasteiger partial charge is 0.222 e. The van der Waals surface area contributed by atoms with Crippen LogP contribution < -0.4 is 5.32 Å². The Morgan fingerprint density at radius 1 is 1.12 bits per heavy atom. The van der Waals surface area contributed by atoms with Gasteiger partial charge < -0.3 is 5.32 Å². The molecule has 2 heterocycles. The highest BCUT2D eigenvalue weighted by atomic mass is 15.5. The van der Waals surface area contributed by atoms with Crippen LogP contribution in [0.25, 0.3) is 16.7 Å². The second-order valence-corrected chi connectivity index (χ2v) is 6.06. The number of rotatable bonds is 4. The molecule has 6 heteroatoms. The average molecular weight is 318 g/mol. The van der Waals surface area contributed by atoms with Crippen molar-refractivity contribution in [1.29, 1.82) is 0 Å². The van der Waals surface area contributed by atoms with Crippen LogP contribution in [0.15, 0.2) is 48.5 Å². The number of fused-ring (bicyclic) bond motifs is 3. The second-order valence-electron chi connectivity index (χ2n) is 6.06. The van der Waals surface area contributed by atoms with Crippen molar-refractivity contribution in [2.24, 2.45) is 0 Å². The molecule has 120 valence electrons. The van der Waals surface area contributed by atoms with Gasteiger partial charge in [-0.3, -0.25) is 0 Å². The molecule has 24 heavy (non-hydrogen) atoms. The summed E-state index contributed by atoms with van der Waals surface area (Å²) in [6.45, 7) is 4.99. The molecule has 4 rings (SSSR count). The fourth-order valence-corrected chi connectivity index (χ4v) is 2.83. The van der Waals surface area contributed by atoms with Crippen molar-refractivity contribution >= 4 is 22.5 Å². The Morgan fingerprint density at radius 3 is 2.79 bits per heavy atom. The van der Waals surface area contributed by atoms with E-state index >= 15 is 0 Å². The summed E-state index contributed by atoms with van der Waals surface area (Å²) in [7, 11) is 0. The molecule has 1 N–H and O–H groups in total. The Kier molecular flexibility index (Phi) is 3.57. The van der Waals surface area contributed by atoms with Crippen molar-refractivity contribution in [2.45, 2.75) is 19.8 Å². The highest BCUT2D eigenvalue weighted by Gasteiger charge is 2.13. The lowest BCUT2D eigenvalue weighted by Crippen LogP contribution is -2.12. The summed E-state index contributed by atoms with van der Waals surface area (Å²) in [6, 6.07) is 16.5. The summed E-state index contributed by atoms with van der Waals surface area (Å²) in [5.41, 5.74) is 4.87. The van der Waals surface area contributed by atoms with Crippen LogP contribution in [0.5, 0.6) is 0 Å². The summed E-state index contributed by atoms with van der Waals surface area (Å²) in [5, 5.41) is 15.4. The first-order chi connectivity index (χ1) is 11.7. The summed E-state index contributed by atoms with van der Waals surface area (Å²) in [5.74, 6) is 1.07. The van der Waals surface area contributed by atoms with Crippen LogP contribution >= 0.6 is 0 Å². The van der Waals surface area contributed by atoms with Crippen molar-refractivity contribution in [3.8, 4) is 0 Å². The molecule has 0 aliphatic heterocycles. The zero-order chi connectivity index (χ0) is 16.5. The van der Waals surface area contributed by atoms with Gasteiger partial charge in [-0.05, 0) is 46.5 Å². The Balaban J connectivity index is 1.68. The Labute approximate surface area is 139 Å². The zero-order valence-electron chi connectivity index (χ0n) is 13.6. The number of benzene rings is 2. The number of nitrogens with one attached hydrogen (secondary N) is 1. The van der Waals surface area contributed by atoms with E-state index in [0.717, 1.165) is 23.1 Å². The first-order valence-electron chi connectivity index (χ1n) is 7.99. The number of aromatic nitrogens is 5. The van der Waals surface area contributed by atoms with Crippen LogP contribution in [0.1, 0.15) is 24.0 Å². The van der Waals surface area contributed by atoms with E-state index in [-0.39, 0.29) is 0 Å². The molecule has 0 unspecified atom stereocenters. The molecular formula is C18H18N6. The maximum absolute atomic E-state index is 4.71. The van der Waals surface area contributed by atoms with Crippen LogP contribution in [-0.4, -0.2) is 31.6 Å². The number of hydrogen-bond donors (Lipinski definition) is 1. The lowest BCUT2D eigenvalue weighted by atomic mass is 10.0. The SMILES string of the molecule is Cc1ccc2nc(NC[C@@H](C)c3ccccc3)c3nnnn3c2c1. The van der Waals surface area contributed by atoms with E-state index in [1.807, 2.05) is 31.2 Å². The molecule has 0 aliphatic rings. The first-order valence-corrected chi connectivity index (χ1v) is 7.99. The summed E-state index contributed by atoms with van der Waals surface area (Å²) in [6.07, 6.45) is 0. The van der Waals surface area contributed by atoms with Gasteiger partial charge in [-0.1, -0.05) is 43.3 Å². The van der Waals surface area contributed by atoms with Crippen LogP contribution in [0.3, 0.4) is 0 Å². The molecule has 0 amide bonds. The molecule has 0 radical (unpaired) electrons. The number of anilines is 1. The molecule has 0 spiro atoms. The van der Waals surface area contributed by atoms with E-state index in [0.29, 0.717) is 17.4 Å². The van der Waals surface area contributed by atoms with E-state index in [4.69, 9.17) is 4.98 Å². The number of hydrogen-bond acceptors (Lipinski definition) is 5. The minimum atomic E-state index is 0.359. The van der Waals surface area contributed by atoms with Crippen LogP contribution in [0.2, 0.25) is 0 Å². The van der Waals surface area contributed by atoms with E-state index in [1.165, 1.54) is 5.56 Å². The van der Waals surface area contributed by atoms with E-state index < -0.39 is 0 Å². The van der Waals surface area contributed by atoms with E-state index in [1.54, 1.807) is 4.52 Å². The zero-order valence-corrected chi connectivity index (χ0v) is 13.6. The number of aryl methyl sites for hydroxylation is 1. The molecule has 0 saturated heterocycles. The highest BCUT2D eigenvalue weighted by molar-refractivity contribution is 5.82. The Morgan fingerprint density at radius 2 is 1.96 bits per heavy atom. The molecular weight excluding hydrogens is 300 g/mol. The van der Waals surface area contributed by atoms with Gasteiger partial charge in [0.25, 0.3) is 0 Å². The summed E-state index contributed by atoms with van der Waals surface area (Å²) < 4.78 is 1.74. The van der Waals surface area contributed by atoms with E-state index in [2.05, 4.69) is 52.0 Å². The summed E-state index contributed by atoms with van der Waals surface area (Å²) in [4.78, 5) is 4.71. The van der Waals surface area contributed by atoms with Gasteiger partial charge in [0.1, 0.15) is 0 Å². The third kappa shape index (κ3) is 2.56. The fraction of sp³-hybridized carbons (Fsp3) is 0.222. The quantitative estimate of drug-likeness (QED) is 0.626. The number of tetrazole rings is 1. The molecule has 0 saturated carbocycles. The average Bonchev–Trinajstić information content (AvgIpc) is 3.10. The van der Waals surface area contributed by atoms with Crippen molar-refractivity contribution in [3.05, 3.63) is 59.7 Å². The lowest BCUT2D eigenvalue weighted by Gasteiger charge is -2.14. The molecule has 4 aromatic rings. The van der Waals surface area contributed by atoms with Gasteiger partial charge in [0.05, 0.1) is 11.0 Å². The van der Waals surface area contributed by atoms with Gasteiger partial charge in [0, 0.05) is 6.54 Å². The topological polar surface area (TPSA) is 68.0 Å². The fourth-order valence-electron chi connectivity index (χ4n) is 2.83. The maximum atomic E-state index is 4.71. The predicted octanol–water partition coefficient (Wildman–Crippen LogP) is 3.20. The second kappa shape index (κ2) is 5.88. The molecule has 0 aliphatic carbocycles. The predicted molar refractivity (Wildman–Crippen MR) is 94.2 cm³/mol. The van der Waals surface area contributed by atoms with Crippen molar-refractivity contribution in [1.82, 2.24) is 25.0 Å². The minimum Gasteiger partial charge on any atom is -0.366 e. The van der Waals surface area contributed by atoms with Crippen LogP contribution in [0.4, 0.5) is 5.82 Å². The van der Waals surface area contributed by atoms with Crippen molar-refractivity contribution in [3.63, 3.8) is 0 Å². The van der Waals surface area contributed by atoms with Gasteiger partial charge in [-0.25, -0.2) is 4.98 Å². The van der Waals surface area contributed by atoms with Crippen molar-refractivity contribution < 1.29 is 0 Å². The van der Waals surface area contributed by atoms with Gasteiger partial charge >= 0.3 is 0 Å². The molecule has 0 fully saturated rings. The standard InChI is InChI=1S/C18H18N6/c1-12-8-9-15-16(10-12)24-18(21-22-23-24)17(20-15)19-11-13(2)14-6-4-3-5-7-14/h3-10,13H,11H2,1-2H3,(H,19,20)/t13-/m1/s1. The third-order valence-electron chi connectivity index (χ3n) is 4.22. The van der Waals surface area contributed by atoms with Gasteiger partial charge in [0.15, 0.2) is 5.82 Å². The summed E-state index contributed by atoms with van der Waals surface area (Å²) >= 11 is 0. The maximum Gasteiger partial charge on any atom is 0.222 e. The number of nitrogens with zero attached hydrogens (tertiary/aromatic N) is 5. The first kappa shape index (κ1) is 14.6. The van der Waals surface area contributed by atoms with Crippen LogP contribution in [-0.2, 0) is 0 Å². The molecule has 1 atom stereocenters. The normalized spacial score (nSPS) is 12.6. The van der Waals surface area contributed by atoms with Gasteiger partial charge in [-0.2, -0.15) is 4.52 Å². The molecule has 6 nitrogen and oxygen atoms in total. The Hall–Kier alpha value is -3.02. The molecule has 2 aromatic heterocycles. The highest BCUT2D eigenvalue weighted by Crippen LogP contribution is 2.21.